The summed E-state index contributed by atoms with van der Waals surface area (Å²) in [6, 6.07) is 2.57. The molecule has 0 fully saturated rings. The van der Waals surface area contributed by atoms with Crippen LogP contribution in [0.4, 0.5) is 5.69 Å². The number of halogens is 3. The molecule has 0 saturated heterocycles. The Hall–Kier alpha value is -0.690. The highest BCUT2D eigenvalue weighted by Gasteiger charge is 2.19. The second kappa shape index (κ2) is 5.30. The fourth-order valence-corrected chi connectivity index (χ4v) is 2.95. The first-order chi connectivity index (χ1) is 7.71. The van der Waals surface area contributed by atoms with Crippen molar-refractivity contribution in [3.8, 4) is 0 Å². The number of nitrogens with one attached hydrogen (secondary N) is 1. The molecule has 2 N–H and O–H groups in total. The van der Waals surface area contributed by atoms with E-state index >= 15 is 0 Å². The Morgan fingerprint density at radius 1 is 1.24 bits per heavy atom. The van der Waals surface area contributed by atoms with Gasteiger partial charge >= 0.3 is 5.97 Å². The van der Waals surface area contributed by atoms with Crippen LogP contribution >= 0.6 is 34.8 Å². The van der Waals surface area contributed by atoms with E-state index in [0.717, 1.165) is 0 Å². The number of sulfonamides is 1. The number of aliphatic carboxylic acids is 1. The average Bonchev–Trinajstić information content (AvgIpc) is 2.09. The molecule has 0 aliphatic heterocycles. The zero-order chi connectivity index (χ0) is 13.2. The second-order valence-electron chi connectivity index (χ2n) is 3.00. The van der Waals surface area contributed by atoms with E-state index in [0.29, 0.717) is 0 Å². The maximum atomic E-state index is 11.4. The van der Waals surface area contributed by atoms with E-state index in [-0.39, 0.29) is 20.8 Å². The van der Waals surface area contributed by atoms with Crippen LogP contribution in [0.15, 0.2) is 12.1 Å². The second-order valence-corrected chi connectivity index (χ2v) is 5.97. The van der Waals surface area contributed by atoms with Gasteiger partial charge in [0.1, 0.15) is 0 Å². The molecule has 0 bridgehead atoms. The number of anilines is 1. The lowest BCUT2D eigenvalue weighted by molar-refractivity contribution is -0.134. The van der Waals surface area contributed by atoms with Gasteiger partial charge in [-0.05, 0) is 12.1 Å². The summed E-state index contributed by atoms with van der Waals surface area (Å²) in [5.41, 5.74) is -0.0982. The van der Waals surface area contributed by atoms with Gasteiger partial charge in [-0.2, -0.15) is 0 Å². The molecule has 0 radical (unpaired) electrons. The fraction of sp³-hybridized carbons (Fsp3) is 0.125. The summed E-state index contributed by atoms with van der Waals surface area (Å²) in [6.07, 6.45) is 0. The minimum atomic E-state index is -4.05. The van der Waals surface area contributed by atoms with Crippen LogP contribution < -0.4 is 4.72 Å². The first-order valence-electron chi connectivity index (χ1n) is 4.08. The van der Waals surface area contributed by atoms with Gasteiger partial charge in [0.05, 0.1) is 15.7 Å². The number of rotatable bonds is 4. The van der Waals surface area contributed by atoms with E-state index in [4.69, 9.17) is 39.9 Å². The summed E-state index contributed by atoms with van der Waals surface area (Å²) in [5.74, 6) is -2.57. The van der Waals surface area contributed by atoms with E-state index < -0.39 is 21.7 Å². The molecule has 1 rings (SSSR count). The van der Waals surface area contributed by atoms with Crippen LogP contribution in [0.2, 0.25) is 15.1 Å². The van der Waals surface area contributed by atoms with Gasteiger partial charge in [0.15, 0.2) is 5.75 Å². The van der Waals surface area contributed by atoms with Gasteiger partial charge < -0.3 is 5.11 Å². The number of carboxylic acids is 1. The first kappa shape index (κ1) is 14.4. The van der Waals surface area contributed by atoms with Crippen LogP contribution in [0.3, 0.4) is 0 Å². The molecule has 0 atom stereocenters. The number of hydrogen-bond acceptors (Lipinski definition) is 3. The van der Waals surface area contributed by atoms with Crippen molar-refractivity contribution in [3.63, 3.8) is 0 Å². The molecular weight excluding hydrogens is 313 g/mol. The SMILES string of the molecule is O=C(O)CS(=O)(=O)Nc1c(Cl)cc(Cl)cc1Cl. The van der Waals surface area contributed by atoms with Crippen molar-refractivity contribution < 1.29 is 18.3 Å². The normalized spacial score (nSPS) is 11.2. The number of carboxylic acid groups (broad SMARTS) is 1. The predicted molar refractivity (Wildman–Crippen MR) is 66.5 cm³/mol. The van der Waals surface area contributed by atoms with E-state index in [1.807, 2.05) is 4.72 Å². The fourth-order valence-electron chi connectivity index (χ4n) is 0.994. The lowest BCUT2D eigenvalue weighted by Crippen LogP contribution is -2.22. The van der Waals surface area contributed by atoms with Crippen LogP contribution in [0.5, 0.6) is 0 Å². The first-order valence-corrected chi connectivity index (χ1v) is 6.87. The zero-order valence-corrected chi connectivity index (χ0v) is 11.2. The Morgan fingerprint density at radius 2 is 1.71 bits per heavy atom. The third kappa shape index (κ3) is 4.23. The van der Waals surface area contributed by atoms with Crippen LogP contribution in [-0.4, -0.2) is 25.2 Å². The van der Waals surface area contributed by atoms with E-state index in [9.17, 15) is 13.2 Å². The van der Waals surface area contributed by atoms with Gasteiger partial charge in [-0.1, -0.05) is 34.8 Å². The van der Waals surface area contributed by atoms with Gasteiger partial charge in [-0.3, -0.25) is 9.52 Å². The molecule has 0 amide bonds. The minimum Gasteiger partial charge on any atom is -0.480 e. The van der Waals surface area contributed by atoms with Crippen LogP contribution in [-0.2, 0) is 14.8 Å². The monoisotopic (exact) mass is 317 g/mol. The summed E-state index contributed by atoms with van der Waals surface area (Å²) in [6.45, 7) is 0. The van der Waals surface area contributed by atoms with Crippen LogP contribution in [0, 0.1) is 0 Å². The molecular formula is C8H6Cl3NO4S. The largest absolute Gasteiger partial charge is 0.480 e. The third-order valence-corrected chi connectivity index (χ3v) is 3.53. The molecule has 9 heteroatoms. The summed E-state index contributed by atoms with van der Waals surface area (Å²) in [5, 5.41) is 8.61. The van der Waals surface area contributed by atoms with Crippen molar-refractivity contribution in [2.75, 3.05) is 10.5 Å². The molecule has 5 nitrogen and oxygen atoms in total. The Morgan fingerprint density at radius 3 is 2.12 bits per heavy atom. The molecule has 1 aromatic rings. The highest BCUT2D eigenvalue weighted by molar-refractivity contribution is 7.93. The van der Waals surface area contributed by atoms with Crippen molar-refractivity contribution in [2.24, 2.45) is 0 Å². The quantitative estimate of drug-likeness (QED) is 0.893. The molecule has 1 aromatic carbocycles. The van der Waals surface area contributed by atoms with Gasteiger partial charge in [0.2, 0.25) is 10.0 Å². The standard InChI is InChI=1S/C8H6Cl3NO4S/c9-4-1-5(10)8(6(11)2-4)12-17(15,16)3-7(13)14/h1-2,12H,3H2,(H,13,14). The number of hydrogen-bond donors (Lipinski definition) is 2. The smallest absolute Gasteiger partial charge is 0.320 e. The van der Waals surface area contributed by atoms with Crippen molar-refractivity contribution in [3.05, 3.63) is 27.2 Å². The lowest BCUT2D eigenvalue weighted by Gasteiger charge is -2.10. The summed E-state index contributed by atoms with van der Waals surface area (Å²) >= 11 is 17.1. The molecule has 0 spiro atoms. The summed E-state index contributed by atoms with van der Waals surface area (Å²) < 4.78 is 24.7. The Labute approximate surface area is 112 Å². The number of carbonyl (C=O) groups is 1. The third-order valence-electron chi connectivity index (χ3n) is 1.58. The van der Waals surface area contributed by atoms with Crippen LogP contribution in [0.25, 0.3) is 0 Å². The van der Waals surface area contributed by atoms with Gasteiger partial charge in [-0.15, -0.1) is 0 Å². The molecule has 0 aromatic heterocycles. The molecule has 17 heavy (non-hydrogen) atoms. The molecule has 0 aliphatic rings. The van der Waals surface area contributed by atoms with E-state index in [1.165, 1.54) is 12.1 Å². The van der Waals surface area contributed by atoms with Crippen molar-refractivity contribution >= 4 is 56.5 Å². The Bertz CT molecular complexity index is 535. The average molecular weight is 319 g/mol. The topological polar surface area (TPSA) is 83.5 Å². The van der Waals surface area contributed by atoms with Crippen molar-refractivity contribution in [2.45, 2.75) is 0 Å². The molecule has 94 valence electrons. The Kier molecular flexibility index (Phi) is 4.48. The maximum Gasteiger partial charge on any atom is 0.320 e. The zero-order valence-electron chi connectivity index (χ0n) is 8.08. The van der Waals surface area contributed by atoms with Crippen molar-refractivity contribution in [1.82, 2.24) is 0 Å². The molecule has 0 heterocycles. The molecule has 0 saturated carbocycles. The molecule has 0 unspecified atom stereocenters. The lowest BCUT2D eigenvalue weighted by atomic mass is 10.3. The number of benzene rings is 1. The molecule has 0 aliphatic carbocycles. The highest BCUT2D eigenvalue weighted by Crippen LogP contribution is 2.34. The van der Waals surface area contributed by atoms with E-state index in [2.05, 4.69) is 0 Å². The summed E-state index contributed by atoms with van der Waals surface area (Å²) in [7, 11) is -4.05. The van der Waals surface area contributed by atoms with Gasteiger partial charge in [0.25, 0.3) is 0 Å². The summed E-state index contributed by atoms with van der Waals surface area (Å²) in [4.78, 5) is 10.3. The predicted octanol–water partition coefficient (Wildman–Crippen LogP) is 2.47. The Balaban J connectivity index is 3.08. The van der Waals surface area contributed by atoms with Crippen LogP contribution in [0.1, 0.15) is 0 Å². The minimum absolute atomic E-state index is 0.0172. The highest BCUT2D eigenvalue weighted by atomic mass is 35.5. The van der Waals surface area contributed by atoms with E-state index in [1.54, 1.807) is 0 Å². The van der Waals surface area contributed by atoms with Gasteiger partial charge in [-0.25, -0.2) is 8.42 Å². The maximum absolute atomic E-state index is 11.4. The van der Waals surface area contributed by atoms with Crippen molar-refractivity contribution in [1.29, 1.82) is 0 Å². The van der Waals surface area contributed by atoms with Gasteiger partial charge in [0, 0.05) is 5.02 Å².